The third kappa shape index (κ3) is 2.25. The van der Waals surface area contributed by atoms with Crippen LogP contribution in [0.4, 0.5) is 0 Å². The molecule has 0 saturated carbocycles. The van der Waals surface area contributed by atoms with Crippen LogP contribution in [0.25, 0.3) is 16.9 Å². The summed E-state index contributed by atoms with van der Waals surface area (Å²) >= 11 is 5.13. The van der Waals surface area contributed by atoms with Crippen molar-refractivity contribution in [3.8, 4) is 23.0 Å². The number of pyridine rings is 1. The summed E-state index contributed by atoms with van der Waals surface area (Å²) in [5.41, 5.74) is 3.23. The Morgan fingerprint density at radius 3 is 2.65 bits per heavy atom. The Balaban J connectivity index is 2.01. The molecule has 2 aromatic heterocycles. The molecule has 0 atom stereocenters. The van der Waals surface area contributed by atoms with Crippen LogP contribution in [0.5, 0.6) is 0 Å². The maximum atomic E-state index is 8.88. The van der Waals surface area contributed by atoms with Crippen molar-refractivity contribution in [3.63, 3.8) is 0 Å². The number of hydrogen-bond donors (Lipinski definition) is 1. The topological polar surface area (TPSA) is 57.4 Å². The van der Waals surface area contributed by atoms with Gasteiger partial charge in [-0.25, -0.2) is 4.68 Å². The fourth-order valence-corrected chi connectivity index (χ4v) is 2.14. The van der Waals surface area contributed by atoms with Gasteiger partial charge in [0.25, 0.3) is 0 Å². The minimum Gasteiger partial charge on any atom is -0.345 e. The average Bonchev–Trinajstić information content (AvgIpc) is 2.98. The van der Waals surface area contributed by atoms with Crippen LogP contribution in [0.2, 0.25) is 0 Å². The zero-order chi connectivity index (χ0) is 13.9. The number of benzene rings is 1. The Bertz CT molecular complexity index is 840. The quantitative estimate of drug-likeness (QED) is 0.730. The third-order valence-electron chi connectivity index (χ3n) is 2.94. The van der Waals surface area contributed by atoms with Crippen molar-refractivity contribution in [3.05, 3.63) is 65.1 Å². The fourth-order valence-electron chi connectivity index (χ4n) is 1.91. The van der Waals surface area contributed by atoms with Crippen LogP contribution in [0.15, 0.2) is 54.9 Å². The molecule has 0 saturated heterocycles. The van der Waals surface area contributed by atoms with Crippen molar-refractivity contribution in [2.45, 2.75) is 0 Å². The highest BCUT2D eigenvalue weighted by atomic mass is 32.1. The first kappa shape index (κ1) is 12.3. The smallest absolute Gasteiger partial charge is 0.121 e. The minimum absolute atomic E-state index is 0.442. The second-order valence-electron chi connectivity index (χ2n) is 4.24. The van der Waals surface area contributed by atoms with E-state index in [-0.39, 0.29) is 0 Å². The summed E-state index contributed by atoms with van der Waals surface area (Å²) in [5.74, 6) is 0. The predicted molar refractivity (Wildman–Crippen MR) is 78.9 cm³/mol. The molecule has 0 spiro atoms. The molecule has 5 heteroatoms. The molecule has 1 aromatic carbocycles. The Morgan fingerprint density at radius 2 is 1.95 bits per heavy atom. The van der Waals surface area contributed by atoms with E-state index < -0.39 is 0 Å². The summed E-state index contributed by atoms with van der Waals surface area (Å²) in [6.45, 7) is 0. The number of para-hydroxylation sites is 1. The molecule has 3 aromatic rings. The van der Waals surface area contributed by atoms with E-state index in [1.807, 2.05) is 48.7 Å². The van der Waals surface area contributed by atoms with Crippen LogP contribution < -0.4 is 0 Å². The molecule has 0 unspecified atom stereocenters. The maximum absolute atomic E-state index is 8.88. The van der Waals surface area contributed by atoms with E-state index in [0.29, 0.717) is 10.2 Å². The first-order valence-electron chi connectivity index (χ1n) is 6.02. The number of aromatic amines is 1. The van der Waals surface area contributed by atoms with Crippen molar-refractivity contribution in [1.29, 1.82) is 5.26 Å². The van der Waals surface area contributed by atoms with Crippen molar-refractivity contribution in [1.82, 2.24) is 14.8 Å². The van der Waals surface area contributed by atoms with E-state index in [9.17, 15) is 0 Å². The van der Waals surface area contributed by atoms with E-state index in [4.69, 9.17) is 17.5 Å². The van der Waals surface area contributed by atoms with Crippen molar-refractivity contribution < 1.29 is 0 Å². The van der Waals surface area contributed by atoms with Crippen LogP contribution in [0.1, 0.15) is 5.56 Å². The highest BCUT2D eigenvalue weighted by molar-refractivity contribution is 7.71. The van der Waals surface area contributed by atoms with E-state index in [1.54, 1.807) is 16.9 Å². The van der Waals surface area contributed by atoms with Crippen LogP contribution in [-0.4, -0.2) is 14.8 Å². The first-order valence-corrected chi connectivity index (χ1v) is 6.42. The molecule has 0 aliphatic heterocycles. The van der Waals surface area contributed by atoms with Gasteiger partial charge in [0, 0.05) is 17.5 Å². The van der Waals surface area contributed by atoms with Gasteiger partial charge >= 0.3 is 0 Å². The number of rotatable bonds is 2. The Hall–Kier alpha value is -2.71. The highest BCUT2D eigenvalue weighted by Crippen LogP contribution is 2.18. The van der Waals surface area contributed by atoms with Crippen molar-refractivity contribution >= 4 is 12.2 Å². The van der Waals surface area contributed by atoms with Gasteiger partial charge in [-0.3, -0.25) is 0 Å². The summed E-state index contributed by atoms with van der Waals surface area (Å²) in [4.78, 5) is 3.05. The lowest BCUT2D eigenvalue weighted by molar-refractivity contribution is 0.880. The van der Waals surface area contributed by atoms with Crippen LogP contribution in [-0.2, 0) is 0 Å². The minimum atomic E-state index is 0.442. The lowest BCUT2D eigenvalue weighted by Crippen LogP contribution is -1.92. The molecule has 2 heterocycles. The summed E-state index contributed by atoms with van der Waals surface area (Å²) in [6.07, 6.45) is 3.68. The molecular weight excluding hydrogens is 268 g/mol. The second kappa shape index (κ2) is 5.11. The van der Waals surface area contributed by atoms with Gasteiger partial charge in [-0.1, -0.05) is 30.4 Å². The van der Waals surface area contributed by atoms with Gasteiger partial charge in [-0.05, 0) is 24.3 Å². The summed E-state index contributed by atoms with van der Waals surface area (Å²) in [7, 11) is 0. The number of nitrogens with one attached hydrogen (secondary N) is 1. The van der Waals surface area contributed by atoms with E-state index >= 15 is 0 Å². The van der Waals surface area contributed by atoms with Gasteiger partial charge in [-0.15, -0.1) is 0 Å². The SMILES string of the molecule is N#Cc1ccc(-c2cnn(-c3ccccc3)c2)[nH]c1=S. The van der Waals surface area contributed by atoms with E-state index in [0.717, 1.165) is 16.9 Å². The standard InChI is InChI=1S/C15H10N4S/c16-8-11-6-7-14(18-15(11)20)12-9-17-19(10-12)13-4-2-1-3-5-13/h1-7,9-10H,(H,18,20). The number of aromatic nitrogens is 3. The number of nitrogens with zero attached hydrogens (tertiary/aromatic N) is 3. The molecule has 96 valence electrons. The maximum Gasteiger partial charge on any atom is 0.121 e. The third-order valence-corrected chi connectivity index (χ3v) is 3.27. The summed E-state index contributed by atoms with van der Waals surface area (Å²) < 4.78 is 2.24. The molecule has 1 N–H and O–H groups in total. The molecule has 0 amide bonds. The Morgan fingerprint density at radius 1 is 1.15 bits per heavy atom. The fraction of sp³-hybridized carbons (Fsp3) is 0. The predicted octanol–water partition coefficient (Wildman–Crippen LogP) is 3.47. The monoisotopic (exact) mass is 278 g/mol. The zero-order valence-corrected chi connectivity index (χ0v) is 11.3. The lowest BCUT2D eigenvalue weighted by Gasteiger charge is -2.00. The Labute approximate surface area is 120 Å². The highest BCUT2D eigenvalue weighted by Gasteiger charge is 2.04. The van der Waals surface area contributed by atoms with Crippen molar-refractivity contribution in [2.24, 2.45) is 0 Å². The normalized spacial score (nSPS) is 10.2. The van der Waals surface area contributed by atoms with Gasteiger partial charge in [0.1, 0.15) is 10.7 Å². The number of hydrogen-bond acceptors (Lipinski definition) is 3. The lowest BCUT2D eigenvalue weighted by atomic mass is 10.2. The summed E-state index contributed by atoms with van der Waals surface area (Å²) in [5, 5.41) is 13.2. The molecule has 0 fully saturated rings. The zero-order valence-electron chi connectivity index (χ0n) is 10.4. The van der Waals surface area contributed by atoms with E-state index in [1.165, 1.54) is 0 Å². The molecule has 0 aliphatic rings. The van der Waals surface area contributed by atoms with E-state index in [2.05, 4.69) is 10.1 Å². The number of nitriles is 1. The molecule has 0 aliphatic carbocycles. The molecule has 0 radical (unpaired) electrons. The molecule has 3 rings (SSSR count). The molecular formula is C15H10N4S. The average molecular weight is 278 g/mol. The Kier molecular flexibility index (Phi) is 3.15. The van der Waals surface area contributed by atoms with Gasteiger partial charge in [0.15, 0.2) is 0 Å². The van der Waals surface area contributed by atoms with Gasteiger partial charge < -0.3 is 4.98 Å². The molecule has 20 heavy (non-hydrogen) atoms. The number of H-pyrrole nitrogens is 1. The van der Waals surface area contributed by atoms with Crippen LogP contribution in [0, 0.1) is 16.0 Å². The van der Waals surface area contributed by atoms with Gasteiger partial charge in [0.05, 0.1) is 17.4 Å². The largest absolute Gasteiger partial charge is 0.345 e. The second-order valence-corrected chi connectivity index (χ2v) is 4.64. The van der Waals surface area contributed by atoms with Crippen molar-refractivity contribution in [2.75, 3.05) is 0 Å². The molecule has 0 bridgehead atoms. The molecule has 4 nitrogen and oxygen atoms in total. The van der Waals surface area contributed by atoms with Crippen LogP contribution >= 0.6 is 12.2 Å². The van der Waals surface area contributed by atoms with Gasteiger partial charge in [-0.2, -0.15) is 10.4 Å². The van der Waals surface area contributed by atoms with Crippen LogP contribution in [0.3, 0.4) is 0 Å². The van der Waals surface area contributed by atoms with Gasteiger partial charge in [0.2, 0.25) is 0 Å². The summed E-state index contributed by atoms with van der Waals surface area (Å²) in [6, 6.07) is 15.5. The first-order chi connectivity index (χ1) is 9.78.